The summed E-state index contributed by atoms with van der Waals surface area (Å²) >= 11 is 0. The second-order valence-corrected chi connectivity index (χ2v) is 5.24. The Kier molecular flexibility index (Phi) is 6.79. The van der Waals surface area contributed by atoms with Gasteiger partial charge in [-0.1, -0.05) is 12.1 Å². The Morgan fingerprint density at radius 3 is 2.90 bits per heavy atom. The van der Waals surface area contributed by atoms with Gasteiger partial charge in [-0.25, -0.2) is 0 Å². The van der Waals surface area contributed by atoms with Crippen molar-refractivity contribution in [2.75, 3.05) is 33.4 Å². The maximum absolute atomic E-state index is 9.91. The Morgan fingerprint density at radius 2 is 2.19 bits per heavy atom. The van der Waals surface area contributed by atoms with E-state index in [0.717, 1.165) is 26.0 Å². The molecule has 2 rings (SSSR count). The highest BCUT2D eigenvalue weighted by Crippen LogP contribution is 2.25. The zero-order chi connectivity index (χ0) is 14.9. The molecule has 5 heteroatoms. The van der Waals surface area contributed by atoms with E-state index in [1.807, 2.05) is 24.3 Å². The molecule has 1 fully saturated rings. The lowest BCUT2D eigenvalue weighted by atomic mass is 10.2. The summed E-state index contributed by atoms with van der Waals surface area (Å²) in [6, 6.07) is 7.43. The van der Waals surface area contributed by atoms with Gasteiger partial charge in [-0.3, -0.25) is 0 Å². The molecule has 0 bridgehead atoms. The van der Waals surface area contributed by atoms with Crippen LogP contribution in [-0.4, -0.2) is 50.7 Å². The highest BCUT2D eigenvalue weighted by molar-refractivity contribution is 5.39. The van der Waals surface area contributed by atoms with Crippen LogP contribution in [0.5, 0.6) is 11.5 Å². The first kappa shape index (κ1) is 16.1. The van der Waals surface area contributed by atoms with Crippen molar-refractivity contribution in [1.29, 1.82) is 0 Å². The van der Waals surface area contributed by atoms with Crippen molar-refractivity contribution < 1.29 is 19.3 Å². The number of aliphatic hydroxyl groups excluding tert-OH is 1. The Bertz CT molecular complexity index is 407. The van der Waals surface area contributed by atoms with Gasteiger partial charge in [0.2, 0.25) is 0 Å². The summed E-state index contributed by atoms with van der Waals surface area (Å²) in [6.07, 6.45) is 3.17. The Labute approximate surface area is 126 Å². The first-order valence-electron chi connectivity index (χ1n) is 7.56. The van der Waals surface area contributed by atoms with Crippen LogP contribution in [0.15, 0.2) is 24.3 Å². The van der Waals surface area contributed by atoms with Crippen LogP contribution >= 0.6 is 0 Å². The van der Waals surface area contributed by atoms with E-state index in [9.17, 15) is 5.11 Å². The van der Waals surface area contributed by atoms with Gasteiger partial charge in [-0.05, 0) is 37.9 Å². The molecule has 1 saturated heterocycles. The molecule has 118 valence electrons. The molecule has 1 aromatic carbocycles. The van der Waals surface area contributed by atoms with Crippen LogP contribution in [0.4, 0.5) is 0 Å². The Hall–Kier alpha value is -1.30. The lowest BCUT2D eigenvalue weighted by Gasteiger charge is -2.15. The third kappa shape index (κ3) is 5.53. The highest BCUT2D eigenvalue weighted by atomic mass is 16.5. The largest absolute Gasteiger partial charge is 0.493 e. The molecular weight excluding hydrogens is 270 g/mol. The Balaban J connectivity index is 1.59. The van der Waals surface area contributed by atoms with Crippen LogP contribution in [0, 0.1) is 0 Å². The van der Waals surface area contributed by atoms with Crippen LogP contribution in [0.3, 0.4) is 0 Å². The van der Waals surface area contributed by atoms with Crippen LogP contribution in [0.25, 0.3) is 0 Å². The minimum atomic E-state index is -0.542. The molecular formula is C16H25NO4. The van der Waals surface area contributed by atoms with Crippen molar-refractivity contribution in [3.8, 4) is 11.5 Å². The number of ether oxygens (including phenoxy) is 3. The fourth-order valence-electron chi connectivity index (χ4n) is 2.39. The summed E-state index contributed by atoms with van der Waals surface area (Å²) in [7, 11) is 1.60. The van der Waals surface area contributed by atoms with Gasteiger partial charge in [0, 0.05) is 13.2 Å². The average molecular weight is 295 g/mol. The standard InChI is InChI=1S/C16H25NO4/c1-19-15-6-2-3-7-16(15)21-12-13(18)11-17-9-8-14-5-4-10-20-14/h2-3,6-7,13-14,17-18H,4-5,8-12H2,1H3. The number of rotatable bonds is 9. The van der Waals surface area contributed by atoms with Gasteiger partial charge in [-0.2, -0.15) is 0 Å². The van der Waals surface area contributed by atoms with Crippen molar-refractivity contribution in [1.82, 2.24) is 5.32 Å². The third-order valence-electron chi connectivity index (χ3n) is 3.55. The van der Waals surface area contributed by atoms with Gasteiger partial charge in [0.1, 0.15) is 12.7 Å². The van der Waals surface area contributed by atoms with Gasteiger partial charge in [0.15, 0.2) is 11.5 Å². The van der Waals surface area contributed by atoms with Crippen molar-refractivity contribution in [3.05, 3.63) is 24.3 Å². The summed E-state index contributed by atoms with van der Waals surface area (Å²) in [4.78, 5) is 0. The van der Waals surface area contributed by atoms with Gasteiger partial charge in [0.05, 0.1) is 13.2 Å². The fourth-order valence-corrected chi connectivity index (χ4v) is 2.39. The summed E-state index contributed by atoms with van der Waals surface area (Å²) in [5.74, 6) is 1.33. The molecule has 0 aliphatic carbocycles. The predicted molar refractivity (Wildman–Crippen MR) is 81.0 cm³/mol. The van der Waals surface area contributed by atoms with Gasteiger partial charge in [0.25, 0.3) is 0 Å². The van der Waals surface area contributed by atoms with Crippen molar-refractivity contribution in [2.24, 2.45) is 0 Å². The first-order valence-corrected chi connectivity index (χ1v) is 7.56. The maximum Gasteiger partial charge on any atom is 0.161 e. The normalized spacial score (nSPS) is 19.4. The molecule has 1 aliphatic heterocycles. The van der Waals surface area contributed by atoms with E-state index < -0.39 is 6.10 Å². The molecule has 1 aromatic rings. The van der Waals surface area contributed by atoms with Crippen molar-refractivity contribution in [2.45, 2.75) is 31.5 Å². The van der Waals surface area contributed by atoms with Crippen LogP contribution in [0.2, 0.25) is 0 Å². The van der Waals surface area contributed by atoms with Crippen molar-refractivity contribution in [3.63, 3.8) is 0 Å². The quantitative estimate of drug-likeness (QED) is 0.678. The molecule has 2 atom stereocenters. The zero-order valence-corrected chi connectivity index (χ0v) is 12.6. The predicted octanol–water partition coefficient (Wildman–Crippen LogP) is 1.59. The molecule has 0 saturated carbocycles. The molecule has 21 heavy (non-hydrogen) atoms. The summed E-state index contributed by atoms with van der Waals surface area (Å²) in [6.45, 7) is 2.51. The molecule has 0 aromatic heterocycles. The van der Waals surface area contributed by atoms with Gasteiger partial charge < -0.3 is 24.6 Å². The summed E-state index contributed by atoms with van der Waals surface area (Å²) in [5, 5.41) is 13.1. The van der Waals surface area contributed by atoms with E-state index in [2.05, 4.69) is 5.32 Å². The minimum absolute atomic E-state index is 0.243. The van der Waals surface area contributed by atoms with Crippen LogP contribution < -0.4 is 14.8 Å². The minimum Gasteiger partial charge on any atom is -0.493 e. The number of para-hydroxylation sites is 2. The number of aliphatic hydroxyl groups is 1. The number of hydrogen-bond donors (Lipinski definition) is 2. The third-order valence-corrected chi connectivity index (χ3v) is 3.55. The fraction of sp³-hybridized carbons (Fsp3) is 0.625. The lowest BCUT2D eigenvalue weighted by molar-refractivity contribution is 0.0935. The molecule has 0 radical (unpaired) electrons. The zero-order valence-electron chi connectivity index (χ0n) is 12.6. The van der Waals surface area contributed by atoms with Crippen LogP contribution in [-0.2, 0) is 4.74 Å². The number of nitrogens with one attached hydrogen (secondary N) is 1. The SMILES string of the molecule is COc1ccccc1OCC(O)CNCCC1CCCO1. The van der Waals surface area contributed by atoms with Gasteiger partial charge in [-0.15, -0.1) is 0 Å². The van der Waals surface area contributed by atoms with Crippen LogP contribution in [0.1, 0.15) is 19.3 Å². The molecule has 0 amide bonds. The van der Waals surface area contributed by atoms with E-state index >= 15 is 0 Å². The second-order valence-electron chi connectivity index (χ2n) is 5.24. The molecule has 0 spiro atoms. The topological polar surface area (TPSA) is 60.0 Å². The number of hydrogen-bond acceptors (Lipinski definition) is 5. The Morgan fingerprint density at radius 1 is 1.38 bits per heavy atom. The van der Waals surface area contributed by atoms with E-state index in [0.29, 0.717) is 24.1 Å². The summed E-state index contributed by atoms with van der Waals surface area (Å²) in [5.41, 5.74) is 0. The molecule has 1 aliphatic rings. The monoisotopic (exact) mass is 295 g/mol. The smallest absolute Gasteiger partial charge is 0.161 e. The first-order chi connectivity index (χ1) is 10.3. The average Bonchev–Trinajstić information content (AvgIpc) is 3.03. The number of methoxy groups -OCH3 is 1. The van der Waals surface area contributed by atoms with E-state index in [1.165, 1.54) is 6.42 Å². The second kappa shape index (κ2) is 8.87. The lowest BCUT2D eigenvalue weighted by Crippen LogP contribution is -2.33. The van der Waals surface area contributed by atoms with E-state index in [-0.39, 0.29) is 6.61 Å². The number of benzene rings is 1. The van der Waals surface area contributed by atoms with E-state index in [1.54, 1.807) is 7.11 Å². The molecule has 1 heterocycles. The molecule has 2 N–H and O–H groups in total. The van der Waals surface area contributed by atoms with Gasteiger partial charge >= 0.3 is 0 Å². The molecule has 2 unspecified atom stereocenters. The highest BCUT2D eigenvalue weighted by Gasteiger charge is 2.15. The maximum atomic E-state index is 9.91. The summed E-state index contributed by atoms with van der Waals surface area (Å²) < 4.78 is 16.3. The van der Waals surface area contributed by atoms with E-state index in [4.69, 9.17) is 14.2 Å². The molecule has 5 nitrogen and oxygen atoms in total. The van der Waals surface area contributed by atoms with Crippen molar-refractivity contribution >= 4 is 0 Å².